The van der Waals surface area contributed by atoms with Crippen molar-refractivity contribution >= 4 is 21.4 Å². The molecule has 1 aliphatic rings. The molecule has 0 radical (unpaired) electrons. The first-order chi connectivity index (χ1) is 15.7. The predicted molar refractivity (Wildman–Crippen MR) is 108 cm³/mol. The zero-order valence-electron chi connectivity index (χ0n) is 17.2. The molecule has 4 rings (SSSR count). The maximum Gasteiger partial charge on any atom is 0.417 e. The van der Waals surface area contributed by atoms with E-state index < -0.39 is 49.4 Å². The topological polar surface area (TPSA) is 80.5 Å². The summed E-state index contributed by atoms with van der Waals surface area (Å²) in [4.78, 5) is 15.9. The number of nitrogens with one attached hydrogen (secondary N) is 1. The fraction of sp³-hybridized carbons (Fsp3) is 0.333. The van der Waals surface area contributed by atoms with Gasteiger partial charge in [-0.1, -0.05) is 6.07 Å². The van der Waals surface area contributed by atoms with Crippen molar-refractivity contribution in [3.05, 3.63) is 65.6 Å². The number of aromatic nitrogens is 2. The molecule has 3 aromatic rings. The Morgan fingerprint density at radius 1 is 1.00 bits per heavy atom. The maximum absolute atomic E-state index is 12.9. The fourth-order valence-electron chi connectivity index (χ4n) is 3.73. The quantitative estimate of drug-likeness (QED) is 0.523. The summed E-state index contributed by atoms with van der Waals surface area (Å²) in [5, 5.41) is 1.70. The van der Waals surface area contributed by atoms with Gasteiger partial charge < -0.3 is 9.72 Å². The van der Waals surface area contributed by atoms with Crippen LogP contribution in [0.5, 0.6) is 0 Å². The molecule has 2 heterocycles. The van der Waals surface area contributed by atoms with Gasteiger partial charge in [0.2, 0.25) is 0 Å². The second kappa shape index (κ2) is 8.29. The molecule has 0 aliphatic heterocycles. The minimum Gasteiger partial charge on any atom is -0.350 e. The maximum atomic E-state index is 12.9. The zero-order chi connectivity index (χ0) is 24.9. The van der Waals surface area contributed by atoms with Gasteiger partial charge in [0, 0.05) is 18.9 Å². The van der Waals surface area contributed by atoms with E-state index in [4.69, 9.17) is 0 Å². The van der Waals surface area contributed by atoms with Gasteiger partial charge in [0.15, 0.2) is 9.84 Å². The monoisotopic (exact) mass is 505 g/mol. The Morgan fingerprint density at radius 3 is 2.32 bits per heavy atom. The number of nitrogens with zero attached hydrogens (tertiary/aromatic N) is 2. The Labute approximate surface area is 189 Å². The van der Waals surface area contributed by atoms with E-state index in [1.54, 1.807) is 0 Å². The zero-order valence-corrected chi connectivity index (χ0v) is 18.0. The average molecular weight is 505 g/mol. The number of fused-ring (bicyclic) bond motifs is 1. The molecule has 1 saturated carbocycles. The summed E-state index contributed by atoms with van der Waals surface area (Å²) in [6.07, 6.45) is -6.94. The number of imidazole rings is 1. The number of rotatable bonds is 5. The highest BCUT2D eigenvalue weighted by molar-refractivity contribution is 7.92. The molecule has 182 valence electrons. The number of hydrogen-bond acceptors (Lipinski definition) is 4. The van der Waals surface area contributed by atoms with Crippen LogP contribution in [-0.2, 0) is 22.2 Å². The highest BCUT2D eigenvalue weighted by Gasteiger charge is 2.40. The Bertz CT molecular complexity index is 1340. The molecule has 1 amide bonds. The second-order valence-corrected chi connectivity index (χ2v) is 10.3. The number of carbonyl (C=O) groups excluding carboxylic acids is 1. The largest absolute Gasteiger partial charge is 0.417 e. The number of pyridine rings is 1. The Kier molecular flexibility index (Phi) is 5.86. The van der Waals surface area contributed by atoms with Crippen LogP contribution in [0.3, 0.4) is 0 Å². The average Bonchev–Trinajstić information content (AvgIpc) is 3.14. The summed E-state index contributed by atoms with van der Waals surface area (Å²) in [5.41, 5.74) is -1.90. The van der Waals surface area contributed by atoms with Gasteiger partial charge in [-0.15, -0.1) is 0 Å². The van der Waals surface area contributed by atoms with Crippen molar-refractivity contribution in [3.63, 3.8) is 0 Å². The summed E-state index contributed by atoms with van der Waals surface area (Å²) >= 11 is 0. The predicted octanol–water partition coefficient (Wildman–Crippen LogP) is 4.35. The van der Waals surface area contributed by atoms with E-state index in [0.717, 1.165) is 47.1 Å². The molecule has 1 aromatic carbocycles. The van der Waals surface area contributed by atoms with Gasteiger partial charge in [-0.3, -0.25) is 4.79 Å². The molecule has 13 heteroatoms. The van der Waals surface area contributed by atoms with Crippen molar-refractivity contribution in [1.82, 2.24) is 14.7 Å². The number of halogens is 6. The number of benzene rings is 1. The van der Waals surface area contributed by atoms with Crippen LogP contribution in [0.15, 0.2) is 53.7 Å². The lowest BCUT2D eigenvalue weighted by atomic mass is 9.85. The second-order valence-electron chi connectivity index (χ2n) is 8.05. The third kappa shape index (κ3) is 4.74. The molecule has 34 heavy (non-hydrogen) atoms. The van der Waals surface area contributed by atoms with Crippen LogP contribution >= 0.6 is 0 Å². The van der Waals surface area contributed by atoms with Gasteiger partial charge in [-0.25, -0.2) is 13.4 Å². The van der Waals surface area contributed by atoms with Crippen molar-refractivity contribution in [2.45, 2.75) is 35.3 Å². The molecule has 0 atom stereocenters. The highest BCUT2D eigenvalue weighted by Crippen LogP contribution is 2.38. The molecule has 2 aromatic heterocycles. The third-order valence-electron chi connectivity index (χ3n) is 5.68. The molecule has 6 nitrogen and oxygen atoms in total. The van der Waals surface area contributed by atoms with Gasteiger partial charge in [0.05, 0.1) is 21.3 Å². The van der Waals surface area contributed by atoms with Crippen LogP contribution in [0.2, 0.25) is 0 Å². The first kappa shape index (κ1) is 24.0. The van der Waals surface area contributed by atoms with Crippen LogP contribution < -0.4 is 5.32 Å². The summed E-state index contributed by atoms with van der Waals surface area (Å²) in [6, 6.07) is 5.55. The van der Waals surface area contributed by atoms with E-state index in [9.17, 15) is 39.6 Å². The highest BCUT2D eigenvalue weighted by atomic mass is 32.2. The molecule has 0 bridgehead atoms. The molecule has 1 fully saturated rings. The normalized spacial score (nSPS) is 19.1. The number of sulfone groups is 1. The minimum absolute atomic E-state index is 0.0924. The van der Waals surface area contributed by atoms with E-state index in [1.807, 2.05) is 0 Å². The van der Waals surface area contributed by atoms with Gasteiger partial charge >= 0.3 is 12.4 Å². The number of carbonyl (C=O) groups is 1. The van der Waals surface area contributed by atoms with Gasteiger partial charge in [0.25, 0.3) is 5.91 Å². The SMILES string of the molecule is O=C(NC[C@H]1C[C@@H](S(=O)(=O)c2cccc(C(F)(F)F)c2)C1)c1cn2cc(C(F)(F)F)ccc2n1. The molecule has 0 spiro atoms. The fourth-order valence-corrected chi connectivity index (χ4v) is 5.73. The Morgan fingerprint density at radius 2 is 1.68 bits per heavy atom. The van der Waals surface area contributed by atoms with Crippen molar-refractivity contribution < 1.29 is 39.6 Å². The molecule has 0 saturated heterocycles. The van der Waals surface area contributed by atoms with E-state index >= 15 is 0 Å². The van der Waals surface area contributed by atoms with Crippen LogP contribution in [-0.4, -0.2) is 35.5 Å². The van der Waals surface area contributed by atoms with Crippen LogP contribution in [0.1, 0.15) is 34.5 Å². The van der Waals surface area contributed by atoms with Gasteiger partial charge in [-0.05, 0) is 49.1 Å². The van der Waals surface area contributed by atoms with Crippen LogP contribution in [0.4, 0.5) is 26.3 Å². The Hall–Kier alpha value is -3.09. The first-order valence-corrected chi connectivity index (χ1v) is 11.5. The molecular formula is C21H17F6N3O3S. The summed E-state index contributed by atoms with van der Waals surface area (Å²) in [5.74, 6) is -0.857. The number of alkyl halides is 6. The van der Waals surface area contributed by atoms with Crippen molar-refractivity contribution in [3.8, 4) is 0 Å². The van der Waals surface area contributed by atoms with E-state index in [-0.39, 0.29) is 36.6 Å². The summed E-state index contributed by atoms with van der Waals surface area (Å²) in [7, 11) is -3.96. The summed E-state index contributed by atoms with van der Waals surface area (Å²) < 4.78 is 103. The molecule has 0 unspecified atom stereocenters. The van der Waals surface area contributed by atoms with Gasteiger partial charge in [-0.2, -0.15) is 26.3 Å². The van der Waals surface area contributed by atoms with Crippen molar-refractivity contribution in [1.29, 1.82) is 0 Å². The van der Waals surface area contributed by atoms with E-state index in [1.165, 1.54) is 0 Å². The van der Waals surface area contributed by atoms with Crippen LogP contribution in [0, 0.1) is 5.92 Å². The lowest BCUT2D eigenvalue weighted by Gasteiger charge is -2.34. The summed E-state index contributed by atoms with van der Waals surface area (Å²) in [6.45, 7) is 0.0924. The van der Waals surface area contributed by atoms with Crippen molar-refractivity contribution in [2.24, 2.45) is 5.92 Å². The van der Waals surface area contributed by atoms with E-state index in [0.29, 0.717) is 6.07 Å². The number of hydrogen-bond donors (Lipinski definition) is 1. The first-order valence-electron chi connectivity index (χ1n) is 10.0. The lowest BCUT2D eigenvalue weighted by Crippen LogP contribution is -2.42. The minimum atomic E-state index is -4.66. The number of amides is 1. The Balaban J connectivity index is 1.35. The lowest BCUT2D eigenvalue weighted by molar-refractivity contribution is -0.138. The van der Waals surface area contributed by atoms with E-state index in [2.05, 4.69) is 10.3 Å². The van der Waals surface area contributed by atoms with Crippen molar-refractivity contribution in [2.75, 3.05) is 6.54 Å². The molecular weight excluding hydrogens is 488 g/mol. The molecule has 1 aliphatic carbocycles. The molecule has 1 N–H and O–H groups in total. The van der Waals surface area contributed by atoms with Crippen LogP contribution in [0.25, 0.3) is 5.65 Å². The standard InChI is InChI=1S/C21H17F6N3O3S/c22-20(23,24)13-2-1-3-15(8-13)34(32,33)16-6-12(7-16)9-28-19(31)17-11-30-10-14(21(25,26)27)4-5-18(30)29-17/h1-5,8,10-12,16H,6-7,9H2,(H,28,31)/t12-,16+. The smallest absolute Gasteiger partial charge is 0.350 e. The third-order valence-corrected chi connectivity index (χ3v) is 7.86. The van der Waals surface area contributed by atoms with Gasteiger partial charge in [0.1, 0.15) is 11.3 Å².